The summed E-state index contributed by atoms with van der Waals surface area (Å²) in [7, 11) is -1.03. The van der Waals surface area contributed by atoms with Crippen LogP contribution in [0.1, 0.15) is 11.1 Å². The standard InChI is InChI=1S/C24H13BN6O/c32-25-30-21-15-9-3-5-11-17(15)23(30)29-24-18-12-6-4-10-16(18)22(31(24)25)28-20-14-8-2-1-7-13(14)19(26-20)27-21/h1-12,32H. The van der Waals surface area contributed by atoms with Gasteiger partial charge in [0.1, 0.15) is 22.6 Å². The third kappa shape index (κ3) is 1.83. The molecule has 32 heavy (non-hydrogen) atoms. The van der Waals surface area contributed by atoms with E-state index in [2.05, 4.69) is 0 Å². The predicted octanol–water partition coefficient (Wildman–Crippen LogP) is 2.71. The summed E-state index contributed by atoms with van der Waals surface area (Å²) in [5.74, 6) is 2.50. The Hall–Kier alpha value is -4.30. The first-order valence-electron chi connectivity index (χ1n) is 10.4. The molecule has 5 aromatic rings. The van der Waals surface area contributed by atoms with E-state index in [0.717, 1.165) is 32.7 Å². The Morgan fingerprint density at radius 3 is 1.69 bits per heavy atom. The summed E-state index contributed by atoms with van der Waals surface area (Å²) in [6.45, 7) is 0. The summed E-state index contributed by atoms with van der Waals surface area (Å²) >= 11 is 0. The van der Waals surface area contributed by atoms with Gasteiger partial charge in [-0.15, -0.1) is 0 Å². The number of rotatable bonds is 0. The van der Waals surface area contributed by atoms with Crippen molar-refractivity contribution in [2.75, 3.05) is 0 Å². The minimum absolute atomic E-state index is 0.590. The first kappa shape index (κ1) is 16.4. The molecule has 3 aromatic carbocycles. The van der Waals surface area contributed by atoms with Gasteiger partial charge in [-0.3, -0.25) is 0 Å². The zero-order valence-corrected chi connectivity index (χ0v) is 16.6. The second kappa shape index (κ2) is 5.49. The Bertz CT molecular complexity index is 1860. The third-order valence-corrected chi connectivity index (χ3v) is 6.45. The Morgan fingerprint density at radius 1 is 0.531 bits per heavy atom. The minimum Gasteiger partial charge on any atom is -0.413 e. The highest BCUT2D eigenvalue weighted by molar-refractivity contribution is 6.50. The number of aliphatic imine (C=N–C) groups is 2. The number of hydrogen-bond acceptors (Lipinski definition) is 5. The van der Waals surface area contributed by atoms with E-state index in [-0.39, 0.29) is 0 Å². The summed E-state index contributed by atoms with van der Waals surface area (Å²) in [5, 5.41) is 15.4. The number of amidine groups is 2. The first-order chi connectivity index (χ1) is 15.8. The van der Waals surface area contributed by atoms with E-state index in [9.17, 15) is 5.02 Å². The zero-order chi connectivity index (χ0) is 21.0. The normalized spacial score (nSPS) is 15.2. The second-order valence-electron chi connectivity index (χ2n) is 8.11. The van der Waals surface area contributed by atoms with Gasteiger partial charge in [0.15, 0.2) is 11.7 Å². The van der Waals surface area contributed by atoms with Gasteiger partial charge in [-0.1, -0.05) is 72.8 Å². The van der Waals surface area contributed by atoms with E-state index >= 15 is 0 Å². The molecule has 4 bridgehead atoms. The Balaban J connectivity index is 1.69. The molecule has 0 radical (unpaired) electrons. The smallest absolute Gasteiger partial charge is 0.413 e. The predicted molar refractivity (Wildman–Crippen MR) is 124 cm³/mol. The van der Waals surface area contributed by atoms with Crippen molar-refractivity contribution in [2.45, 2.75) is 0 Å². The van der Waals surface area contributed by atoms with Crippen molar-refractivity contribution in [1.82, 2.24) is 8.96 Å². The average molecular weight is 412 g/mol. The van der Waals surface area contributed by atoms with Crippen molar-refractivity contribution in [2.24, 2.45) is 20.0 Å². The molecule has 148 valence electrons. The SMILES string of the molecule is OB1n2c3c4ccccc4c2N=c2c4ccccc4c(n21)=NC1=NC(=N3)c2ccccc21. The zero-order valence-electron chi connectivity index (χ0n) is 16.6. The lowest BCUT2D eigenvalue weighted by atomic mass is 10.00. The van der Waals surface area contributed by atoms with Crippen LogP contribution in [0.25, 0.3) is 21.5 Å². The molecule has 0 spiro atoms. The average Bonchev–Trinajstić information content (AvgIpc) is 3.45. The lowest BCUT2D eigenvalue weighted by Gasteiger charge is -2.18. The van der Waals surface area contributed by atoms with Crippen LogP contribution in [0.4, 0.5) is 11.6 Å². The van der Waals surface area contributed by atoms with Crippen LogP contribution in [-0.2, 0) is 0 Å². The summed E-state index contributed by atoms with van der Waals surface area (Å²) in [4.78, 5) is 19.8. The van der Waals surface area contributed by atoms with Crippen LogP contribution in [0, 0.1) is 0 Å². The lowest BCUT2D eigenvalue weighted by molar-refractivity contribution is 0.528. The molecule has 2 aromatic heterocycles. The fourth-order valence-electron chi connectivity index (χ4n) is 5.04. The quantitative estimate of drug-likeness (QED) is 0.390. The van der Waals surface area contributed by atoms with Crippen LogP contribution < -0.4 is 11.0 Å². The van der Waals surface area contributed by atoms with E-state index in [1.807, 2.05) is 72.8 Å². The molecule has 8 rings (SSSR count). The van der Waals surface area contributed by atoms with Gasteiger partial charge < -0.3 is 14.0 Å². The molecular formula is C24H13BN6O. The lowest BCUT2D eigenvalue weighted by Crippen LogP contribution is -2.48. The number of benzene rings is 3. The molecule has 0 amide bonds. The van der Waals surface area contributed by atoms with Gasteiger partial charge in [0.05, 0.1) is 0 Å². The molecule has 0 aliphatic carbocycles. The molecule has 5 heterocycles. The Kier molecular flexibility index (Phi) is 2.81. The molecule has 8 heteroatoms. The molecular weight excluding hydrogens is 399 g/mol. The highest BCUT2D eigenvalue weighted by Gasteiger charge is 2.35. The minimum atomic E-state index is -1.03. The van der Waals surface area contributed by atoms with Crippen LogP contribution in [-0.4, -0.2) is 32.8 Å². The van der Waals surface area contributed by atoms with Gasteiger partial charge in [-0.25, -0.2) is 20.0 Å². The largest absolute Gasteiger partial charge is 0.560 e. The van der Waals surface area contributed by atoms with Crippen molar-refractivity contribution in [3.63, 3.8) is 0 Å². The number of fused-ring (bicyclic) bond motifs is 10. The molecule has 0 saturated heterocycles. The summed E-state index contributed by atoms with van der Waals surface area (Å²) in [6.07, 6.45) is 0. The van der Waals surface area contributed by atoms with Gasteiger partial charge in [-0.05, 0) is 0 Å². The molecule has 1 N–H and O–H groups in total. The number of aromatic nitrogens is 2. The molecule has 3 aliphatic heterocycles. The van der Waals surface area contributed by atoms with Gasteiger partial charge in [0.25, 0.3) is 0 Å². The van der Waals surface area contributed by atoms with Crippen molar-refractivity contribution < 1.29 is 5.02 Å². The van der Waals surface area contributed by atoms with Crippen molar-refractivity contribution in [3.8, 4) is 0 Å². The van der Waals surface area contributed by atoms with E-state index in [0.29, 0.717) is 34.3 Å². The number of hydrogen-bond donors (Lipinski definition) is 1. The van der Waals surface area contributed by atoms with Crippen molar-refractivity contribution in [3.05, 3.63) is 94.9 Å². The maximum absolute atomic E-state index is 11.7. The van der Waals surface area contributed by atoms with Gasteiger partial charge >= 0.3 is 7.19 Å². The highest BCUT2D eigenvalue weighted by atomic mass is 16.2. The number of nitrogens with zero attached hydrogens (tertiary/aromatic N) is 6. The van der Waals surface area contributed by atoms with E-state index in [1.54, 1.807) is 8.96 Å². The van der Waals surface area contributed by atoms with Gasteiger partial charge in [0, 0.05) is 32.7 Å². The molecule has 0 unspecified atom stereocenters. The molecule has 7 nitrogen and oxygen atoms in total. The van der Waals surface area contributed by atoms with Crippen LogP contribution in [0.15, 0.2) is 92.8 Å². The van der Waals surface area contributed by atoms with Crippen molar-refractivity contribution >= 4 is 52.0 Å². The fourth-order valence-corrected chi connectivity index (χ4v) is 5.04. The molecule has 0 atom stereocenters. The van der Waals surface area contributed by atoms with Gasteiger partial charge in [0.2, 0.25) is 0 Å². The third-order valence-electron chi connectivity index (χ3n) is 6.45. The molecule has 3 aliphatic rings. The van der Waals surface area contributed by atoms with Crippen LogP contribution in [0.3, 0.4) is 0 Å². The summed E-state index contributed by atoms with van der Waals surface area (Å²) in [6, 6.07) is 24.0. The Labute approximate surface area is 181 Å². The van der Waals surface area contributed by atoms with Crippen LogP contribution in [0.5, 0.6) is 0 Å². The topological polar surface area (TPSA) is 79.5 Å². The second-order valence-corrected chi connectivity index (χ2v) is 8.11. The summed E-state index contributed by atoms with van der Waals surface area (Å²) < 4.78 is 3.56. The monoisotopic (exact) mass is 412 g/mol. The van der Waals surface area contributed by atoms with Crippen LogP contribution >= 0.6 is 0 Å². The van der Waals surface area contributed by atoms with E-state index in [4.69, 9.17) is 20.0 Å². The maximum Gasteiger partial charge on any atom is 0.560 e. The molecule has 0 saturated carbocycles. The van der Waals surface area contributed by atoms with Crippen molar-refractivity contribution in [1.29, 1.82) is 0 Å². The first-order valence-corrected chi connectivity index (χ1v) is 10.4. The maximum atomic E-state index is 11.7. The van der Waals surface area contributed by atoms with E-state index in [1.165, 1.54) is 0 Å². The Morgan fingerprint density at radius 2 is 1.03 bits per heavy atom. The molecule has 0 fully saturated rings. The van der Waals surface area contributed by atoms with Gasteiger partial charge in [-0.2, -0.15) is 0 Å². The van der Waals surface area contributed by atoms with E-state index < -0.39 is 7.19 Å². The fraction of sp³-hybridized carbons (Fsp3) is 0. The van der Waals surface area contributed by atoms with Crippen LogP contribution in [0.2, 0.25) is 0 Å². The summed E-state index contributed by atoms with van der Waals surface area (Å²) in [5.41, 5.74) is 3.18. The highest BCUT2D eigenvalue weighted by Crippen LogP contribution is 2.40.